The van der Waals surface area contributed by atoms with Crippen LogP contribution in [0, 0.1) is 0 Å². The highest BCUT2D eigenvalue weighted by molar-refractivity contribution is 14.0. The first-order chi connectivity index (χ1) is 12.7. The van der Waals surface area contributed by atoms with Crippen LogP contribution in [0.5, 0.6) is 0 Å². The van der Waals surface area contributed by atoms with Crippen LogP contribution in [0.15, 0.2) is 29.3 Å². The monoisotopic (exact) mass is 504 g/mol. The fourth-order valence-corrected chi connectivity index (χ4v) is 4.18. The van der Waals surface area contributed by atoms with Gasteiger partial charge in [0.25, 0.3) is 5.91 Å². The third kappa shape index (κ3) is 7.89. The number of nitrogens with one attached hydrogen (secondary N) is 2. The predicted molar refractivity (Wildman–Crippen MR) is 127 cm³/mol. The molecule has 0 aromatic heterocycles. The Bertz CT molecular complexity index is 584. The van der Waals surface area contributed by atoms with Gasteiger partial charge in [0.05, 0.1) is 6.54 Å². The Balaban J connectivity index is 0.00000364. The number of halogens is 1. The molecule has 0 spiro atoms. The van der Waals surface area contributed by atoms with Crippen LogP contribution in [0.2, 0.25) is 0 Å². The lowest BCUT2D eigenvalue weighted by Crippen LogP contribution is -2.40. The van der Waals surface area contributed by atoms with Crippen molar-refractivity contribution < 1.29 is 4.79 Å². The van der Waals surface area contributed by atoms with Gasteiger partial charge in [-0.1, -0.05) is 12.1 Å². The Morgan fingerprint density at radius 2 is 1.89 bits per heavy atom. The third-order valence-electron chi connectivity index (χ3n) is 4.54. The van der Waals surface area contributed by atoms with Crippen molar-refractivity contribution in [2.24, 2.45) is 4.99 Å². The molecule has 5 nitrogen and oxygen atoms in total. The maximum atomic E-state index is 12.4. The van der Waals surface area contributed by atoms with Crippen LogP contribution in [-0.2, 0) is 6.54 Å². The summed E-state index contributed by atoms with van der Waals surface area (Å²) >= 11 is 2.05. The molecule has 7 heteroatoms. The number of carbonyl (C=O) groups is 1. The fraction of sp³-hybridized carbons (Fsp3) is 0.600. The minimum atomic E-state index is 0. The molecule has 1 aromatic carbocycles. The van der Waals surface area contributed by atoms with Gasteiger partial charge in [0.2, 0.25) is 0 Å². The Morgan fingerprint density at radius 3 is 2.44 bits per heavy atom. The number of amides is 1. The van der Waals surface area contributed by atoms with E-state index in [9.17, 15) is 4.79 Å². The average molecular weight is 504 g/mol. The molecule has 1 aromatic rings. The summed E-state index contributed by atoms with van der Waals surface area (Å²) in [6, 6.07) is 7.80. The Morgan fingerprint density at radius 1 is 1.19 bits per heavy atom. The van der Waals surface area contributed by atoms with E-state index >= 15 is 0 Å². The molecule has 1 aliphatic heterocycles. The summed E-state index contributed by atoms with van der Waals surface area (Å²) in [6.45, 7) is 9.97. The maximum Gasteiger partial charge on any atom is 0.253 e. The van der Waals surface area contributed by atoms with E-state index in [0.29, 0.717) is 11.8 Å². The SMILES string of the molecule is CCNC(=NCc1ccc(C(=O)N(CC)CC)cc1)NCC1CCCS1.I. The second-order valence-corrected chi connectivity index (χ2v) is 7.79. The van der Waals surface area contributed by atoms with Crippen molar-refractivity contribution in [1.29, 1.82) is 0 Å². The molecule has 1 atom stereocenters. The van der Waals surface area contributed by atoms with Gasteiger partial charge in [-0.3, -0.25) is 4.79 Å². The second kappa shape index (κ2) is 13.3. The summed E-state index contributed by atoms with van der Waals surface area (Å²) < 4.78 is 0. The molecule has 1 aliphatic rings. The van der Waals surface area contributed by atoms with Crippen LogP contribution in [0.3, 0.4) is 0 Å². The number of rotatable bonds is 8. The van der Waals surface area contributed by atoms with E-state index < -0.39 is 0 Å². The summed E-state index contributed by atoms with van der Waals surface area (Å²) in [4.78, 5) is 18.9. The molecule has 0 aliphatic carbocycles. The standard InChI is InChI=1S/C20H32N4OS.HI/c1-4-21-20(23-15-18-8-7-13-26-18)22-14-16-9-11-17(12-10-16)19(25)24(5-2)6-3;/h9-12,18H,4-8,13-15H2,1-3H3,(H2,21,22,23);1H. The number of nitrogens with zero attached hydrogens (tertiary/aromatic N) is 2. The highest BCUT2D eigenvalue weighted by Crippen LogP contribution is 2.25. The zero-order valence-corrected chi connectivity index (χ0v) is 19.8. The smallest absolute Gasteiger partial charge is 0.253 e. The van der Waals surface area contributed by atoms with Crippen LogP contribution >= 0.6 is 35.7 Å². The molecule has 2 rings (SSSR count). The molecule has 1 fully saturated rings. The lowest BCUT2D eigenvalue weighted by atomic mass is 10.1. The Hall–Kier alpha value is -0.960. The molecule has 0 saturated carbocycles. The normalized spacial score (nSPS) is 16.6. The molecule has 1 amide bonds. The van der Waals surface area contributed by atoms with Gasteiger partial charge in [-0.2, -0.15) is 11.8 Å². The van der Waals surface area contributed by atoms with Gasteiger partial charge in [0.15, 0.2) is 5.96 Å². The lowest BCUT2D eigenvalue weighted by Gasteiger charge is -2.18. The van der Waals surface area contributed by atoms with E-state index in [4.69, 9.17) is 0 Å². The first-order valence-corrected chi connectivity index (χ1v) is 10.7. The van der Waals surface area contributed by atoms with E-state index in [2.05, 4.69) is 22.5 Å². The van der Waals surface area contributed by atoms with Crippen LogP contribution in [0.4, 0.5) is 0 Å². The maximum absolute atomic E-state index is 12.4. The van der Waals surface area contributed by atoms with Crippen molar-refractivity contribution >= 4 is 47.6 Å². The van der Waals surface area contributed by atoms with Crippen LogP contribution in [0.25, 0.3) is 0 Å². The van der Waals surface area contributed by atoms with E-state index in [0.717, 1.165) is 43.3 Å². The molecule has 152 valence electrons. The van der Waals surface area contributed by atoms with Gasteiger partial charge in [-0.05, 0) is 57.1 Å². The van der Waals surface area contributed by atoms with Crippen molar-refractivity contribution in [1.82, 2.24) is 15.5 Å². The number of hydrogen-bond acceptors (Lipinski definition) is 3. The summed E-state index contributed by atoms with van der Waals surface area (Å²) in [5.74, 6) is 2.23. The molecular weight excluding hydrogens is 471 g/mol. The highest BCUT2D eigenvalue weighted by atomic mass is 127. The van der Waals surface area contributed by atoms with Crippen LogP contribution in [0.1, 0.15) is 49.5 Å². The highest BCUT2D eigenvalue weighted by Gasteiger charge is 2.15. The molecule has 1 heterocycles. The first kappa shape index (κ1) is 24.1. The zero-order valence-electron chi connectivity index (χ0n) is 16.7. The van der Waals surface area contributed by atoms with Crippen molar-refractivity contribution in [3.8, 4) is 0 Å². The number of guanidine groups is 1. The van der Waals surface area contributed by atoms with E-state index in [1.807, 2.05) is 54.8 Å². The van der Waals surface area contributed by atoms with Crippen LogP contribution in [-0.4, -0.2) is 53.9 Å². The summed E-state index contributed by atoms with van der Waals surface area (Å²) in [7, 11) is 0. The molecule has 0 radical (unpaired) electrons. The minimum absolute atomic E-state index is 0. The quantitative estimate of drug-likeness (QED) is 0.322. The number of thioether (sulfide) groups is 1. The Kier molecular flexibility index (Phi) is 11.8. The van der Waals surface area contributed by atoms with Crippen molar-refractivity contribution in [3.63, 3.8) is 0 Å². The summed E-state index contributed by atoms with van der Waals surface area (Å²) in [5, 5.41) is 7.45. The van der Waals surface area contributed by atoms with E-state index in [-0.39, 0.29) is 29.9 Å². The number of carbonyl (C=O) groups excluding carboxylic acids is 1. The van der Waals surface area contributed by atoms with E-state index in [1.54, 1.807) is 0 Å². The van der Waals surface area contributed by atoms with Gasteiger partial charge in [-0.25, -0.2) is 4.99 Å². The molecule has 2 N–H and O–H groups in total. The van der Waals surface area contributed by atoms with Crippen molar-refractivity contribution in [2.45, 2.75) is 45.4 Å². The molecular formula is C20H33IN4OS. The molecule has 0 bridgehead atoms. The van der Waals surface area contributed by atoms with Crippen molar-refractivity contribution in [2.75, 3.05) is 31.9 Å². The van der Waals surface area contributed by atoms with Crippen molar-refractivity contribution in [3.05, 3.63) is 35.4 Å². The molecule has 1 saturated heterocycles. The first-order valence-electron chi connectivity index (χ1n) is 9.69. The van der Waals surface area contributed by atoms with Gasteiger partial charge in [0.1, 0.15) is 0 Å². The van der Waals surface area contributed by atoms with Gasteiger partial charge in [0, 0.05) is 37.0 Å². The van der Waals surface area contributed by atoms with Crippen LogP contribution < -0.4 is 10.6 Å². The fourth-order valence-electron chi connectivity index (χ4n) is 2.97. The Labute approximate surface area is 185 Å². The number of benzene rings is 1. The molecule has 27 heavy (non-hydrogen) atoms. The number of hydrogen-bond donors (Lipinski definition) is 2. The summed E-state index contributed by atoms with van der Waals surface area (Å²) in [6.07, 6.45) is 2.61. The predicted octanol–water partition coefficient (Wildman–Crippen LogP) is 3.74. The van der Waals surface area contributed by atoms with Gasteiger partial charge in [-0.15, -0.1) is 24.0 Å². The van der Waals surface area contributed by atoms with Gasteiger partial charge < -0.3 is 15.5 Å². The zero-order chi connectivity index (χ0) is 18.8. The van der Waals surface area contributed by atoms with Gasteiger partial charge >= 0.3 is 0 Å². The minimum Gasteiger partial charge on any atom is -0.357 e. The lowest BCUT2D eigenvalue weighted by molar-refractivity contribution is 0.0773. The third-order valence-corrected chi connectivity index (χ3v) is 5.93. The average Bonchev–Trinajstić information content (AvgIpc) is 3.19. The second-order valence-electron chi connectivity index (χ2n) is 6.39. The summed E-state index contributed by atoms with van der Waals surface area (Å²) in [5.41, 5.74) is 1.85. The van der Waals surface area contributed by atoms with E-state index in [1.165, 1.54) is 18.6 Å². The topological polar surface area (TPSA) is 56.7 Å². The number of aliphatic imine (C=N–C) groups is 1. The molecule has 1 unspecified atom stereocenters. The largest absolute Gasteiger partial charge is 0.357 e.